The van der Waals surface area contributed by atoms with Crippen molar-refractivity contribution in [2.24, 2.45) is 0 Å². The van der Waals surface area contributed by atoms with Crippen molar-refractivity contribution in [1.29, 1.82) is 0 Å². The highest BCUT2D eigenvalue weighted by molar-refractivity contribution is 5.93. The number of rotatable bonds is 5. The molecule has 2 rings (SSSR count). The van der Waals surface area contributed by atoms with Crippen molar-refractivity contribution in [3.05, 3.63) is 53.9 Å². The number of nitrogens with one attached hydrogen (secondary N) is 1. The molecule has 1 heterocycles. The van der Waals surface area contributed by atoms with E-state index >= 15 is 0 Å². The van der Waals surface area contributed by atoms with Gasteiger partial charge in [-0.3, -0.25) is 4.79 Å². The third-order valence-corrected chi connectivity index (χ3v) is 3.12. The number of carbonyl (C=O) groups is 1. The molecular formula is C15H19N3O. The van der Waals surface area contributed by atoms with E-state index in [0.717, 1.165) is 6.42 Å². The standard InChI is InChI=1S/C15H19N3O/c1-2-18(9-8-12-6-4-3-5-7-12)15(19)14-10-13(16)11-17-14/h3-7,10-11,17H,2,8-9,16H2,1H3. The summed E-state index contributed by atoms with van der Waals surface area (Å²) in [5.74, 6) is -0.00451. The van der Waals surface area contributed by atoms with Gasteiger partial charge in [0, 0.05) is 25.0 Å². The molecule has 1 amide bonds. The van der Waals surface area contributed by atoms with E-state index in [9.17, 15) is 4.79 Å². The van der Waals surface area contributed by atoms with Gasteiger partial charge in [-0.05, 0) is 25.0 Å². The van der Waals surface area contributed by atoms with Crippen molar-refractivity contribution in [3.8, 4) is 0 Å². The van der Waals surface area contributed by atoms with Gasteiger partial charge in [-0.25, -0.2) is 0 Å². The van der Waals surface area contributed by atoms with Gasteiger partial charge in [-0.2, -0.15) is 0 Å². The highest BCUT2D eigenvalue weighted by Gasteiger charge is 2.15. The number of anilines is 1. The van der Waals surface area contributed by atoms with E-state index in [1.165, 1.54) is 5.56 Å². The molecule has 0 aliphatic heterocycles. The topological polar surface area (TPSA) is 62.1 Å². The van der Waals surface area contributed by atoms with Crippen LogP contribution < -0.4 is 5.73 Å². The summed E-state index contributed by atoms with van der Waals surface area (Å²) in [6.45, 7) is 3.37. The average molecular weight is 257 g/mol. The van der Waals surface area contributed by atoms with Gasteiger partial charge in [-0.1, -0.05) is 30.3 Å². The van der Waals surface area contributed by atoms with Gasteiger partial charge in [0.25, 0.3) is 5.91 Å². The van der Waals surface area contributed by atoms with Crippen LogP contribution in [0.15, 0.2) is 42.6 Å². The Balaban J connectivity index is 1.98. The first kappa shape index (κ1) is 13.2. The molecule has 0 bridgehead atoms. The minimum absolute atomic E-state index is 0.00451. The zero-order chi connectivity index (χ0) is 13.7. The number of hydrogen-bond acceptors (Lipinski definition) is 2. The Bertz CT molecular complexity index is 533. The maximum absolute atomic E-state index is 12.2. The van der Waals surface area contributed by atoms with Crippen molar-refractivity contribution < 1.29 is 4.79 Å². The quantitative estimate of drug-likeness (QED) is 0.863. The van der Waals surface area contributed by atoms with Crippen molar-refractivity contribution in [1.82, 2.24) is 9.88 Å². The maximum Gasteiger partial charge on any atom is 0.270 e. The summed E-state index contributed by atoms with van der Waals surface area (Å²) >= 11 is 0. The van der Waals surface area contributed by atoms with E-state index in [4.69, 9.17) is 5.73 Å². The van der Waals surface area contributed by atoms with Crippen molar-refractivity contribution in [2.45, 2.75) is 13.3 Å². The fraction of sp³-hybridized carbons (Fsp3) is 0.267. The van der Waals surface area contributed by atoms with Crippen LogP contribution in [0.2, 0.25) is 0 Å². The molecule has 0 unspecified atom stereocenters. The number of hydrogen-bond donors (Lipinski definition) is 2. The number of H-pyrrole nitrogens is 1. The van der Waals surface area contributed by atoms with Crippen LogP contribution >= 0.6 is 0 Å². The van der Waals surface area contributed by atoms with Crippen LogP contribution in [0.4, 0.5) is 5.69 Å². The SMILES string of the molecule is CCN(CCc1ccccc1)C(=O)c1cc(N)c[nH]1. The normalized spacial score (nSPS) is 10.4. The van der Waals surface area contributed by atoms with Crippen LogP contribution in [-0.2, 0) is 6.42 Å². The number of nitrogens with two attached hydrogens (primary N) is 1. The fourth-order valence-corrected chi connectivity index (χ4v) is 2.02. The van der Waals surface area contributed by atoms with Gasteiger partial charge in [0.2, 0.25) is 0 Å². The number of amides is 1. The number of benzene rings is 1. The van der Waals surface area contributed by atoms with Crippen LogP contribution in [-0.4, -0.2) is 28.9 Å². The molecule has 0 atom stereocenters. The number of aromatic nitrogens is 1. The predicted molar refractivity (Wildman–Crippen MR) is 76.9 cm³/mol. The first-order chi connectivity index (χ1) is 9.20. The van der Waals surface area contributed by atoms with Crippen LogP contribution in [0.25, 0.3) is 0 Å². The summed E-state index contributed by atoms with van der Waals surface area (Å²) in [4.78, 5) is 17.0. The molecule has 0 saturated heterocycles. The Morgan fingerprint density at radius 1 is 1.32 bits per heavy atom. The summed E-state index contributed by atoms with van der Waals surface area (Å²) in [6, 6.07) is 11.8. The Labute approximate surface area is 113 Å². The number of aromatic amines is 1. The smallest absolute Gasteiger partial charge is 0.270 e. The Kier molecular flexibility index (Phi) is 4.23. The second kappa shape index (κ2) is 6.09. The molecule has 4 heteroatoms. The van der Waals surface area contributed by atoms with Gasteiger partial charge >= 0.3 is 0 Å². The number of nitrogen functional groups attached to an aromatic ring is 1. The van der Waals surface area contributed by atoms with Crippen LogP contribution in [0.3, 0.4) is 0 Å². The summed E-state index contributed by atoms with van der Waals surface area (Å²) < 4.78 is 0. The van der Waals surface area contributed by atoms with Gasteiger partial charge < -0.3 is 15.6 Å². The zero-order valence-corrected chi connectivity index (χ0v) is 11.1. The van der Waals surface area contributed by atoms with Crippen molar-refractivity contribution in [3.63, 3.8) is 0 Å². The number of carbonyl (C=O) groups excluding carboxylic acids is 1. The zero-order valence-electron chi connectivity index (χ0n) is 11.1. The Hall–Kier alpha value is -2.23. The largest absolute Gasteiger partial charge is 0.397 e. The van der Waals surface area contributed by atoms with Crippen molar-refractivity contribution >= 4 is 11.6 Å². The molecule has 3 N–H and O–H groups in total. The second-order valence-electron chi connectivity index (χ2n) is 4.47. The first-order valence-corrected chi connectivity index (χ1v) is 6.47. The molecule has 4 nitrogen and oxygen atoms in total. The summed E-state index contributed by atoms with van der Waals surface area (Å²) in [6.07, 6.45) is 2.49. The molecule has 0 aliphatic rings. The third-order valence-electron chi connectivity index (χ3n) is 3.12. The lowest BCUT2D eigenvalue weighted by atomic mass is 10.1. The highest BCUT2D eigenvalue weighted by atomic mass is 16.2. The monoisotopic (exact) mass is 257 g/mol. The average Bonchev–Trinajstić information content (AvgIpc) is 2.87. The highest BCUT2D eigenvalue weighted by Crippen LogP contribution is 2.09. The van der Waals surface area contributed by atoms with E-state index in [1.807, 2.05) is 30.0 Å². The number of nitrogens with zero attached hydrogens (tertiary/aromatic N) is 1. The van der Waals surface area contributed by atoms with Crippen molar-refractivity contribution in [2.75, 3.05) is 18.8 Å². The molecule has 19 heavy (non-hydrogen) atoms. The maximum atomic E-state index is 12.2. The van der Waals surface area contributed by atoms with E-state index < -0.39 is 0 Å². The molecular weight excluding hydrogens is 238 g/mol. The molecule has 0 saturated carbocycles. The fourth-order valence-electron chi connectivity index (χ4n) is 2.02. The van der Waals surface area contributed by atoms with Crippen LogP contribution in [0.1, 0.15) is 23.0 Å². The minimum atomic E-state index is -0.00451. The Morgan fingerprint density at radius 2 is 2.05 bits per heavy atom. The van der Waals surface area contributed by atoms with E-state index in [2.05, 4.69) is 17.1 Å². The molecule has 100 valence electrons. The van der Waals surface area contributed by atoms with Gasteiger partial charge in [0.05, 0.1) is 0 Å². The van der Waals surface area contributed by atoms with Gasteiger partial charge in [-0.15, -0.1) is 0 Å². The molecule has 2 aromatic rings. The lowest BCUT2D eigenvalue weighted by Crippen LogP contribution is -2.32. The minimum Gasteiger partial charge on any atom is -0.397 e. The van der Waals surface area contributed by atoms with Crippen LogP contribution in [0, 0.1) is 0 Å². The molecule has 0 spiro atoms. The van der Waals surface area contributed by atoms with Gasteiger partial charge in [0.15, 0.2) is 0 Å². The molecule has 1 aromatic heterocycles. The predicted octanol–water partition coefficient (Wildman–Crippen LogP) is 2.30. The first-order valence-electron chi connectivity index (χ1n) is 6.47. The number of likely N-dealkylation sites (N-methyl/N-ethyl adjacent to an activating group) is 1. The van der Waals surface area contributed by atoms with Gasteiger partial charge in [0.1, 0.15) is 5.69 Å². The van der Waals surface area contributed by atoms with Crippen LogP contribution in [0.5, 0.6) is 0 Å². The molecule has 1 aromatic carbocycles. The third kappa shape index (κ3) is 3.37. The molecule has 0 fully saturated rings. The summed E-state index contributed by atoms with van der Waals surface area (Å²) in [7, 11) is 0. The van der Waals surface area contributed by atoms with E-state index in [0.29, 0.717) is 24.5 Å². The molecule has 0 aliphatic carbocycles. The lowest BCUT2D eigenvalue weighted by molar-refractivity contribution is 0.0761. The second-order valence-corrected chi connectivity index (χ2v) is 4.47. The lowest BCUT2D eigenvalue weighted by Gasteiger charge is -2.20. The van der Waals surface area contributed by atoms with E-state index in [1.54, 1.807) is 12.3 Å². The van der Waals surface area contributed by atoms with E-state index in [-0.39, 0.29) is 5.91 Å². The summed E-state index contributed by atoms with van der Waals surface area (Å²) in [5, 5.41) is 0. The Morgan fingerprint density at radius 3 is 2.63 bits per heavy atom. The molecule has 0 radical (unpaired) electrons. The summed E-state index contributed by atoms with van der Waals surface area (Å²) in [5.41, 5.74) is 7.99.